The standard InChI is InChI=1S/C25H45N5O6/c1-14(2)10-17(26)22(32)27-13-21(31)28-18(11-15(3)4)23(33)29-19(12-16(5)6)24(34)30-9-7-8-20(30)25(35)36/h14-20H,7-13,26H2,1-6H3,(H,27,32)(H,28,31)(H,29,33)(H,35,36)/t17-,18-,19-,20-/m0/s1. The molecule has 1 aliphatic heterocycles. The molecule has 1 saturated heterocycles. The summed E-state index contributed by atoms with van der Waals surface area (Å²) in [6.45, 7) is 11.5. The van der Waals surface area contributed by atoms with Gasteiger partial charge in [-0.1, -0.05) is 41.5 Å². The Morgan fingerprint density at radius 3 is 1.94 bits per heavy atom. The first-order valence-electron chi connectivity index (χ1n) is 12.9. The number of amides is 4. The van der Waals surface area contributed by atoms with E-state index in [1.54, 1.807) is 0 Å². The maximum atomic E-state index is 13.2. The first-order chi connectivity index (χ1) is 16.7. The lowest BCUT2D eigenvalue weighted by Gasteiger charge is -2.30. The molecule has 0 bridgehead atoms. The summed E-state index contributed by atoms with van der Waals surface area (Å²) in [7, 11) is 0. The monoisotopic (exact) mass is 511 g/mol. The molecule has 1 fully saturated rings. The van der Waals surface area contributed by atoms with Crippen LogP contribution in [0.5, 0.6) is 0 Å². The van der Waals surface area contributed by atoms with Crippen molar-refractivity contribution in [2.75, 3.05) is 13.1 Å². The van der Waals surface area contributed by atoms with E-state index >= 15 is 0 Å². The minimum Gasteiger partial charge on any atom is -0.480 e. The van der Waals surface area contributed by atoms with Crippen LogP contribution in [0.25, 0.3) is 0 Å². The highest BCUT2D eigenvalue weighted by molar-refractivity contribution is 5.94. The molecule has 0 aromatic carbocycles. The molecule has 36 heavy (non-hydrogen) atoms. The Balaban J connectivity index is 2.88. The highest BCUT2D eigenvalue weighted by atomic mass is 16.4. The molecule has 0 saturated carbocycles. The van der Waals surface area contributed by atoms with Crippen molar-refractivity contribution >= 4 is 29.6 Å². The van der Waals surface area contributed by atoms with Crippen LogP contribution in [0, 0.1) is 17.8 Å². The fourth-order valence-corrected chi connectivity index (χ4v) is 4.31. The maximum Gasteiger partial charge on any atom is 0.326 e. The van der Waals surface area contributed by atoms with E-state index in [0.717, 1.165) is 0 Å². The van der Waals surface area contributed by atoms with Crippen LogP contribution >= 0.6 is 0 Å². The van der Waals surface area contributed by atoms with Crippen LogP contribution in [0.1, 0.15) is 73.6 Å². The number of likely N-dealkylation sites (tertiary alicyclic amines) is 1. The molecule has 0 aromatic heterocycles. The predicted molar refractivity (Wildman–Crippen MR) is 136 cm³/mol. The van der Waals surface area contributed by atoms with Crippen molar-refractivity contribution in [3.8, 4) is 0 Å². The predicted octanol–water partition coefficient (Wildman–Crippen LogP) is 0.613. The Morgan fingerprint density at radius 2 is 1.42 bits per heavy atom. The number of rotatable bonds is 14. The van der Waals surface area contributed by atoms with E-state index < -0.39 is 53.8 Å². The summed E-state index contributed by atoms with van der Waals surface area (Å²) in [5, 5.41) is 17.4. The number of nitrogens with zero attached hydrogens (tertiary/aromatic N) is 1. The molecule has 4 atom stereocenters. The highest BCUT2D eigenvalue weighted by Gasteiger charge is 2.38. The first kappa shape index (κ1) is 31.3. The van der Waals surface area contributed by atoms with Gasteiger partial charge in [-0.15, -0.1) is 0 Å². The molecule has 11 heteroatoms. The SMILES string of the molecule is CC(C)C[C@H](NC(=O)CNC(=O)[C@@H](N)CC(C)C)C(=O)N[C@@H](CC(C)C)C(=O)N1CCC[C@H]1C(=O)O. The number of carboxylic acids is 1. The lowest BCUT2D eigenvalue weighted by Crippen LogP contribution is -2.57. The van der Waals surface area contributed by atoms with E-state index in [1.807, 2.05) is 41.5 Å². The van der Waals surface area contributed by atoms with Crippen molar-refractivity contribution in [3.05, 3.63) is 0 Å². The summed E-state index contributed by atoms with van der Waals surface area (Å²) in [4.78, 5) is 63.9. The Bertz CT molecular complexity index is 785. The molecule has 1 rings (SSSR count). The van der Waals surface area contributed by atoms with Crippen LogP contribution in [0.2, 0.25) is 0 Å². The topological polar surface area (TPSA) is 171 Å². The number of hydrogen-bond donors (Lipinski definition) is 5. The van der Waals surface area contributed by atoms with Crippen molar-refractivity contribution in [1.82, 2.24) is 20.9 Å². The van der Waals surface area contributed by atoms with E-state index in [4.69, 9.17) is 5.73 Å². The third-order valence-electron chi connectivity index (χ3n) is 5.99. The normalized spacial score (nSPS) is 18.2. The van der Waals surface area contributed by atoms with Crippen molar-refractivity contribution in [2.24, 2.45) is 23.5 Å². The first-order valence-corrected chi connectivity index (χ1v) is 12.9. The molecule has 1 heterocycles. The third-order valence-corrected chi connectivity index (χ3v) is 5.99. The average Bonchev–Trinajstić information content (AvgIpc) is 3.25. The summed E-state index contributed by atoms with van der Waals surface area (Å²) in [5.41, 5.74) is 5.84. The lowest BCUT2D eigenvalue weighted by molar-refractivity contribution is -0.149. The van der Waals surface area contributed by atoms with Crippen molar-refractivity contribution < 1.29 is 29.1 Å². The fourth-order valence-electron chi connectivity index (χ4n) is 4.31. The molecule has 0 unspecified atom stereocenters. The van der Waals surface area contributed by atoms with Crippen LogP contribution in [0.3, 0.4) is 0 Å². The summed E-state index contributed by atoms with van der Waals surface area (Å²) in [6, 6.07) is -3.45. The number of hydrogen-bond acceptors (Lipinski definition) is 6. The Hall–Kier alpha value is -2.69. The van der Waals surface area contributed by atoms with Gasteiger partial charge in [-0.25, -0.2) is 4.79 Å². The average molecular weight is 512 g/mol. The van der Waals surface area contributed by atoms with Gasteiger partial charge in [-0.2, -0.15) is 0 Å². The Kier molecular flexibility index (Phi) is 12.9. The van der Waals surface area contributed by atoms with Gasteiger partial charge in [0.25, 0.3) is 0 Å². The van der Waals surface area contributed by atoms with E-state index in [-0.39, 0.29) is 24.3 Å². The summed E-state index contributed by atoms with van der Waals surface area (Å²) in [6.07, 6.45) is 2.10. The quantitative estimate of drug-likeness (QED) is 0.227. The maximum absolute atomic E-state index is 13.2. The number of nitrogens with one attached hydrogen (secondary N) is 3. The zero-order valence-electron chi connectivity index (χ0n) is 22.5. The van der Waals surface area contributed by atoms with Crippen molar-refractivity contribution in [1.29, 1.82) is 0 Å². The Labute approximate surface area is 214 Å². The van der Waals surface area contributed by atoms with E-state index in [2.05, 4.69) is 16.0 Å². The number of carboxylic acid groups (broad SMARTS) is 1. The highest BCUT2D eigenvalue weighted by Crippen LogP contribution is 2.20. The number of aliphatic carboxylic acids is 1. The largest absolute Gasteiger partial charge is 0.480 e. The van der Waals surface area contributed by atoms with Gasteiger partial charge in [0.05, 0.1) is 12.6 Å². The van der Waals surface area contributed by atoms with E-state index in [1.165, 1.54) is 4.90 Å². The molecule has 4 amide bonds. The van der Waals surface area contributed by atoms with Crippen molar-refractivity contribution in [2.45, 2.75) is 97.8 Å². The molecule has 0 radical (unpaired) electrons. The van der Waals surface area contributed by atoms with E-state index in [0.29, 0.717) is 38.6 Å². The van der Waals surface area contributed by atoms with Crippen LogP contribution in [0.15, 0.2) is 0 Å². The molecule has 206 valence electrons. The summed E-state index contributed by atoms with van der Waals surface area (Å²) >= 11 is 0. The molecule has 1 aliphatic rings. The molecular formula is C25H45N5O6. The molecule has 11 nitrogen and oxygen atoms in total. The van der Waals surface area contributed by atoms with Crippen LogP contribution in [-0.2, 0) is 24.0 Å². The van der Waals surface area contributed by atoms with Crippen LogP contribution in [-0.4, -0.2) is 76.9 Å². The molecule has 0 spiro atoms. The van der Waals surface area contributed by atoms with Gasteiger partial charge in [0, 0.05) is 6.54 Å². The van der Waals surface area contributed by atoms with Gasteiger partial charge < -0.3 is 31.7 Å². The molecular weight excluding hydrogens is 466 g/mol. The van der Waals surface area contributed by atoms with Crippen molar-refractivity contribution in [3.63, 3.8) is 0 Å². The third kappa shape index (κ3) is 10.5. The minimum absolute atomic E-state index is 0.0596. The smallest absolute Gasteiger partial charge is 0.326 e. The van der Waals surface area contributed by atoms with Gasteiger partial charge >= 0.3 is 5.97 Å². The summed E-state index contributed by atoms with van der Waals surface area (Å²) < 4.78 is 0. The van der Waals surface area contributed by atoms with Crippen LogP contribution in [0.4, 0.5) is 0 Å². The fraction of sp³-hybridized carbons (Fsp3) is 0.800. The van der Waals surface area contributed by atoms with Gasteiger partial charge in [-0.05, 0) is 49.9 Å². The molecule has 0 aliphatic carbocycles. The van der Waals surface area contributed by atoms with Gasteiger partial charge in [-0.3, -0.25) is 19.2 Å². The molecule has 0 aromatic rings. The number of nitrogens with two attached hydrogens (primary N) is 1. The van der Waals surface area contributed by atoms with Gasteiger partial charge in [0.1, 0.15) is 18.1 Å². The van der Waals surface area contributed by atoms with E-state index in [9.17, 15) is 29.1 Å². The second kappa shape index (κ2) is 14.8. The lowest BCUT2D eigenvalue weighted by atomic mass is 9.99. The van der Waals surface area contributed by atoms with Gasteiger partial charge in [0.2, 0.25) is 23.6 Å². The van der Waals surface area contributed by atoms with Gasteiger partial charge in [0.15, 0.2) is 0 Å². The second-order valence-corrected chi connectivity index (χ2v) is 10.9. The summed E-state index contributed by atoms with van der Waals surface area (Å²) in [5.74, 6) is -2.64. The number of carbonyl (C=O) groups is 5. The minimum atomic E-state index is -1.06. The zero-order valence-corrected chi connectivity index (χ0v) is 22.5. The Morgan fingerprint density at radius 1 is 0.861 bits per heavy atom. The molecule has 6 N–H and O–H groups in total. The van der Waals surface area contributed by atoms with Crippen LogP contribution < -0.4 is 21.7 Å². The zero-order chi connectivity index (χ0) is 27.6. The number of carbonyl (C=O) groups excluding carboxylic acids is 4. The second-order valence-electron chi connectivity index (χ2n) is 10.9.